The number of rotatable bonds is 2. The topological polar surface area (TPSA) is 43.2 Å². The quantitative estimate of drug-likeness (QED) is 0.199. The van der Waals surface area contributed by atoms with Crippen LogP contribution in [0.4, 0.5) is 11.4 Å². The third-order valence-electron chi connectivity index (χ3n) is 8.92. The van der Waals surface area contributed by atoms with E-state index < -0.39 is 0 Å². The van der Waals surface area contributed by atoms with Crippen LogP contribution < -0.4 is 5.06 Å². The van der Waals surface area contributed by atoms with Gasteiger partial charge in [0.05, 0.1) is 32.8 Å². The van der Waals surface area contributed by atoms with E-state index in [4.69, 9.17) is 14.8 Å². The fraction of sp³-hybridized carbons (Fsp3) is 0.0256. The molecule has 1 aliphatic rings. The van der Waals surface area contributed by atoms with Gasteiger partial charge in [0.2, 0.25) is 5.95 Å². The van der Waals surface area contributed by atoms with Crippen molar-refractivity contribution in [1.29, 1.82) is 0 Å². The van der Waals surface area contributed by atoms with Crippen molar-refractivity contribution in [2.24, 2.45) is 0 Å². The minimum atomic E-state index is 0.359. The smallest absolute Gasteiger partial charge is 0.235 e. The molecule has 0 bridgehead atoms. The van der Waals surface area contributed by atoms with E-state index in [2.05, 4.69) is 108 Å². The van der Waals surface area contributed by atoms with Crippen molar-refractivity contribution < 1.29 is 4.84 Å². The summed E-state index contributed by atoms with van der Waals surface area (Å²) in [7, 11) is 0. The van der Waals surface area contributed by atoms with Gasteiger partial charge in [-0.15, -0.1) is 11.3 Å². The summed E-state index contributed by atoms with van der Waals surface area (Å²) in [5.74, 6) is 0.650. The molecule has 0 atom stereocenters. The zero-order chi connectivity index (χ0) is 29.5. The van der Waals surface area contributed by atoms with Crippen molar-refractivity contribution in [3.05, 3.63) is 139 Å². The van der Waals surface area contributed by atoms with Gasteiger partial charge in [0.1, 0.15) is 6.61 Å². The molecular weight excluding hydrogens is 573 g/mol. The van der Waals surface area contributed by atoms with Gasteiger partial charge in [-0.1, -0.05) is 97.1 Å². The van der Waals surface area contributed by atoms with Crippen molar-refractivity contribution in [3.8, 4) is 17.2 Å². The van der Waals surface area contributed by atoms with E-state index in [1.807, 2.05) is 46.9 Å². The number of thiophene rings is 1. The summed E-state index contributed by atoms with van der Waals surface area (Å²) in [4.78, 5) is 16.8. The molecule has 5 nitrogen and oxygen atoms in total. The van der Waals surface area contributed by atoms with Crippen LogP contribution in [0.5, 0.6) is 0 Å². The molecule has 0 amide bonds. The maximum atomic E-state index is 6.40. The van der Waals surface area contributed by atoms with E-state index in [0.29, 0.717) is 12.6 Å². The fourth-order valence-electron chi connectivity index (χ4n) is 7.01. The highest BCUT2D eigenvalue weighted by Crippen LogP contribution is 2.48. The molecule has 0 aliphatic carbocycles. The number of benzene rings is 6. The third kappa shape index (κ3) is 3.52. The first-order valence-corrected chi connectivity index (χ1v) is 15.9. The van der Waals surface area contributed by atoms with E-state index in [-0.39, 0.29) is 0 Å². The highest BCUT2D eigenvalue weighted by atomic mass is 32.1. The lowest BCUT2D eigenvalue weighted by atomic mass is 9.99. The van der Waals surface area contributed by atoms with Crippen molar-refractivity contribution in [2.75, 3.05) is 5.06 Å². The molecule has 45 heavy (non-hydrogen) atoms. The second-order valence-electron chi connectivity index (χ2n) is 11.4. The molecule has 1 aliphatic heterocycles. The Bertz CT molecular complexity index is 2620. The SMILES string of the molecule is c1ccc(N2OCc3cnc(-n4c5ccccc5c5c6ccccc6c6c7ccccc7sc6c54)nc3-c3ccccc32)cc1. The number of nitrogens with zero attached hydrogens (tertiary/aromatic N) is 4. The second-order valence-corrected chi connectivity index (χ2v) is 12.4. The summed E-state index contributed by atoms with van der Waals surface area (Å²) in [6, 6.07) is 44.7. The molecule has 0 radical (unpaired) electrons. The molecule has 0 N–H and O–H groups in total. The lowest BCUT2D eigenvalue weighted by Gasteiger charge is -2.23. The van der Waals surface area contributed by atoms with E-state index in [0.717, 1.165) is 39.2 Å². The molecule has 6 aromatic carbocycles. The van der Waals surface area contributed by atoms with Gasteiger partial charge in [-0.2, -0.15) is 0 Å². The number of hydrogen-bond acceptors (Lipinski definition) is 5. The van der Waals surface area contributed by atoms with Crippen molar-refractivity contribution in [2.45, 2.75) is 6.61 Å². The first-order valence-electron chi connectivity index (χ1n) is 15.0. The van der Waals surface area contributed by atoms with Gasteiger partial charge in [-0.05, 0) is 41.1 Å². The van der Waals surface area contributed by atoms with E-state index >= 15 is 0 Å². The molecule has 0 unspecified atom stereocenters. The highest BCUT2D eigenvalue weighted by molar-refractivity contribution is 7.27. The largest absolute Gasteiger partial charge is 0.276 e. The van der Waals surface area contributed by atoms with Crippen molar-refractivity contribution >= 4 is 75.5 Å². The molecule has 212 valence electrons. The molecule has 9 aromatic rings. The second kappa shape index (κ2) is 9.47. The zero-order valence-corrected chi connectivity index (χ0v) is 24.8. The average Bonchev–Trinajstić information content (AvgIpc) is 3.61. The average molecular weight is 597 g/mol. The van der Waals surface area contributed by atoms with Crippen molar-refractivity contribution in [3.63, 3.8) is 0 Å². The molecule has 0 saturated heterocycles. The predicted molar refractivity (Wildman–Crippen MR) is 186 cm³/mol. The Morgan fingerprint density at radius 2 is 1.33 bits per heavy atom. The molecule has 0 saturated carbocycles. The van der Waals surface area contributed by atoms with E-state index in [1.165, 1.54) is 41.7 Å². The number of hydrogen-bond donors (Lipinski definition) is 0. The van der Waals surface area contributed by atoms with Gasteiger partial charge in [-0.3, -0.25) is 9.40 Å². The fourth-order valence-corrected chi connectivity index (χ4v) is 8.27. The van der Waals surface area contributed by atoms with Crippen LogP contribution in [-0.4, -0.2) is 14.5 Å². The van der Waals surface area contributed by atoms with Gasteiger partial charge in [0, 0.05) is 43.6 Å². The lowest BCUT2D eigenvalue weighted by Crippen LogP contribution is -2.16. The maximum Gasteiger partial charge on any atom is 0.235 e. The summed E-state index contributed by atoms with van der Waals surface area (Å²) < 4.78 is 4.80. The summed E-state index contributed by atoms with van der Waals surface area (Å²) >= 11 is 1.85. The number of aromatic nitrogens is 3. The van der Waals surface area contributed by atoms with Crippen LogP contribution in [0.15, 0.2) is 134 Å². The Morgan fingerprint density at radius 1 is 0.644 bits per heavy atom. The van der Waals surface area contributed by atoms with Crippen LogP contribution in [-0.2, 0) is 11.4 Å². The minimum absolute atomic E-state index is 0.359. The van der Waals surface area contributed by atoms with Gasteiger partial charge in [0.15, 0.2) is 0 Å². The Balaban J connectivity index is 1.31. The molecule has 0 fully saturated rings. The van der Waals surface area contributed by atoms with Crippen LogP contribution in [0, 0.1) is 0 Å². The van der Waals surface area contributed by atoms with Gasteiger partial charge >= 0.3 is 0 Å². The number of para-hydroxylation sites is 3. The Kier molecular flexibility index (Phi) is 5.23. The molecule has 3 aromatic heterocycles. The Morgan fingerprint density at radius 3 is 2.20 bits per heavy atom. The van der Waals surface area contributed by atoms with Crippen LogP contribution in [0.1, 0.15) is 5.56 Å². The monoisotopic (exact) mass is 596 g/mol. The summed E-state index contributed by atoms with van der Waals surface area (Å²) in [6.07, 6.45) is 1.94. The van der Waals surface area contributed by atoms with Crippen molar-refractivity contribution in [1.82, 2.24) is 14.5 Å². The first kappa shape index (κ1) is 24.8. The third-order valence-corrected chi connectivity index (χ3v) is 10.1. The number of anilines is 2. The normalized spacial score (nSPS) is 13.1. The number of fused-ring (bicyclic) bond motifs is 13. The maximum absolute atomic E-state index is 6.40. The summed E-state index contributed by atoms with van der Waals surface area (Å²) in [5.41, 5.74) is 6.99. The van der Waals surface area contributed by atoms with Crippen LogP contribution >= 0.6 is 11.3 Å². The van der Waals surface area contributed by atoms with Crippen LogP contribution in [0.3, 0.4) is 0 Å². The van der Waals surface area contributed by atoms with Crippen LogP contribution in [0.25, 0.3) is 70.0 Å². The standard InChI is InChI=1S/C39H24N4OS/c1-2-12-25(13-3-1)43-32-20-10-7-17-29(32)36-24(23-44-43)22-40-39(41-36)42-31-19-9-6-16-28(31)34-26-14-4-5-15-27(26)35-30-18-8-11-21-33(30)45-38(35)37(34)42/h1-22H,23H2. The van der Waals surface area contributed by atoms with Crippen LogP contribution in [0.2, 0.25) is 0 Å². The Labute approximate surface area is 262 Å². The molecule has 0 spiro atoms. The zero-order valence-electron chi connectivity index (χ0n) is 24.0. The molecule has 4 heterocycles. The van der Waals surface area contributed by atoms with E-state index in [9.17, 15) is 0 Å². The first-order chi connectivity index (χ1) is 22.3. The Hall–Kier alpha value is -5.56. The van der Waals surface area contributed by atoms with Gasteiger partial charge < -0.3 is 0 Å². The molecular formula is C39H24N4OS. The lowest BCUT2D eigenvalue weighted by molar-refractivity contribution is 0.124. The summed E-state index contributed by atoms with van der Waals surface area (Å²) in [5, 5.41) is 9.42. The highest BCUT2D eigenvalue weighted by Gasteiger charge is 2.26. The minimum Gasteiger partial charge on any atom is -0.276 e. The molecule has 10 rings (SSSR count). The van der Waals surface area contributed by atoms with Gasteiger partial charge in [-0.25, -0.2) is 15.0 Å². The predicted octanol–water partition coefficient (Wildman–Crippen LogP) is 10.3. The van der Waals surface area contributed by atoms with E-state index in [1.54, 1.807) is 0 Å². The van der Waals surface area contributed by atoms with Gasteiger partial charge in [0.25, 0.3) is 0 Å². The summed E-state index contributed by atoms with van der Waals surface area (Å²) in [6.45, 7) is 0.359. The molecule has 6 heteroatoms.